The average Bonchev–Trinajstić information content (AvgIpc) is 3.79. The Labute approximate surface area is 295 Å². The Balaban J connectivity index is 1.04. The molecule has 5 saturated carbocycles. The first kappa shape index (κ1) is 33.3. The highest BCUT2D eigenvalue weighted by Crippen LogP contribution is 2.56. The van der Waals surface area contributed by atoms with E-state index in [0.29, 0.717) is 48.5 Å². The highest BCUT2D eigenvalue weighted by Gasteiger charge is 2.57. The van der Waals surface area contributed by atoms with Gasteiger partial charge >= 0.3 is 6.03 Å². The van der Waals surface area contributed by atoms with Crippen molar-refractivity contribution in [2.45, 2.75) is 120 Å². The zero-order valence-electron chi connectivity index (χ0n) is 29.8. The molecule has 6 aliphatic carbocycles. The van der Waals surface area contributed by atoms with Crippen molar-refractivity contribution in [3.05, 3.63) is 47.3 Å². The minimum Gasteiger partial charge on any atom is -0.349 e. The molecule has 4 N–H and O–H groups in total. The van der Waals surface area contributed by atoms with E-state index in [2.05, 4.69) is 40.2 Å². The fourth-order valence-electron chi connectivity index (χ4n) is 11.0. The third-order valence-electron chi connectivity index (χ3n) is 13.3. The fraction of sp³-hybridized carbons (Fsp3) is 0.667. The van der Waals surface area contributed by atoms with Crippen LogP contribution in [0.2, 0.25) is 0 Å². The first-order valence-electron chi connectivity index (χ1n) is 19.1. The topological polar surface area (TPSA) is 137 Å². The standard InChI is InChI=1S/C39H53N7O4/c1-23(2)31-22-46(37(50)42-31)39(36(49)44-38-17-24-13-25(18-38)15-26(14-24)19-38)20-28-9-10-30(16-29(28)21-39)41-35(48)33(27-7-5-4-6-8-27)43-34(47)32-11-12-40-45(32)3/h9-12,16,23-27,31,33H,4-8,13-15,17-22H2,1-3H3,(H,41,48)(H,42,50)(H,43,47)(H,44,49)/t24?,25?,26?,31-,33-,38?,39?/m0/s1. The number of hydrogen-bond donors (Lipinski definition) is 4. The number of fused-ring (bicyclic) bond motifs is 1. The maximum absolute atomic E-state index is 14.8. The van der Waals surface area contributed by atoms with Gasteiger partial charge < -0.3 is 26.2 Å². The molecule has 50 heavy (non-hydrogen) atoms. The van der Waals surface area contributed by atoms with Crippen LogP contribution in [0, 0.1) is 29.6 Å². The Hall–Kier alpha value is -3.89. The molecule has 2 heterocycles. The number of rotatable bonds is 9. The summed E-state index contributed by atoms with van der Waals surface area (Å²) in [6, 6.07) is 6.64. The number of amides is 5. The smallest absolute Gasteiger partial charge is 0.318 e. The Morgan fingerprint density at radius 3 is 2.24 bits per heavy atom. The van der Waals surface area contributed by atoms with Crippen molar-refractivity contribution in [3.63, 3.8) is 0 Å². The van der Waals surface area contributed by atoms with Crippen LogP contribution in [-0.4, -0.2) is 68.1 Å². The number of nitrogens with zero attached hydrogens (tertiary/aromatic N) is 3. The molecule has 11 nitrogen and oxygen atoms in total. The monoisotopic (exact) mass is 683 g/mol. The Bertz CT molecular complexity index is 1640. The summed E-state index contributed by atoms with van der Waals surface area (Å²) in [4.78, 5) is 57.5. The van der Waals surface area contributed by atoms with Crippen LogP contribution in [0.1, 0.15) is 106 Å². The lowest BCUT2D eigenvalue weighted by Crippen LogP contribution is -2.67. The van der Waals surface area contributed by atoms with Crippen molar-refractivity contribution in [3.8, 4) is 0 Å². The van der Waals surface area contributed by atoms with E-state index < -0.39 is 11.6 Å². The van der Waals surface area contributed by atoms with Crippen LogP contribution in [-0.2, 0) is 29.5 Å². The van der Waals surface area contributed by atoms with Gasteiger partial charge in [-0.05, 0) is 110 Å². The summed E-state index contributed by atoms with van der Waals surface area (Å²) in [5.74, 6) is 1.77. The number of anilines is 1. The molecule has 3 atom stereocenters. The largest absolute Gasteiger partial charge is 0.349 e. The predicted octanol–water partition coefficient (Wildman–Crippen LogP) is 4.71. The van der Waals surface area contributed by atoms with Crippen LogP contribution in [0.15, 0.2) is 30.5 Å². The van der Waals surface area contributed by atoms with Crippen LogP contribution in [0.3, 0.4) is 0 Å². The van der Waals surface area contributed by atoms with E-state index in [4.69, 9.17) is 0 Å². The molecular weight excluding hydrogens is 630 g/mol. The molecule has 9 rings (SSSR count). The molecular formula is C39H53N7O4. The first-order chi connectivity index (χ1) is 24.0. The molecule has 1 aromatic heterocycles. The zero-order valence-corrected chi connectivity index (χ0v) is 29.8. The molecule has 0 spiro atoms. The normalized spacial score (nSPS) is 32.2. The minimum absolute atomic E-state index is 0.0245. The summed E-state index contributed by atoms with van der Waals surface area (Å²) in [7, 11) is 1.72. The number of nitrogens with one attached hydrogen (secondary N) is 4. The summed E-state index contributed by atoms with van der Waals surface area (Å²) < 4.78 is 1.52. The van der Waals surface area contributed by atoms with Crippen molar-refractivity contribution < 1.29 is 19.2 Å². The lowest BCUT2D eigenvalue weighted by atomic mass is 9.53. The summed E-state index contributed by atoms with van der Waals surface area (Å²) in [5, 5.41) is 17.1. The second-order valence-electron chi connectivity index (χ2n) is 17.1. The number of urea groups is 1. The Morgan fingerprint density at radius 1 is 0.940 bits per heavy atom. The van der Waals surface area contributed by atoms with E-state index in [9.17, 15) is 19.2 Å². The molecule has 1 aliphatic heterocycles. The molecule has 1 unspecified atom stereocenters. The van der Waals surface area contributed by atoms with E-state index in [1.165, 1.54) is 23.9 Å². The minimum atomic E-state index is -1.04. The average molecular weight is 684 g/mol. The van der Waals surface area contributed by atoms with E-state index in [0.717, 1.165) is 62.5 Å². The Morgan fingerprint density at radius 2 is 1.62 bits per heavy atom. The zero-order chi connectivity index (χ0) is 34.8. The third kappa shape index (κ3) is 5.98. The van der Waals surface area contributed by atoms with Gasteiger partial charge in [0.2, 0.25) is 11.8 Å². The quantitative estimate of drug-likeness (QED) is 0.304. The number of hydrogen-bond acceptors (Lipinski definition) is 5. The van der Waals surface area contributed by atoms with Gasteiger partial charge in [-0.15, -0.1) is 0 Å². The lowest BCUT2D eigenvalue weighted by Gasteiger charge is -2.57. The van der Waals surface area contributed by atoms with Crippen LogP contribution < -0.4 is 21.3 Å². The number of aryl methyl sites for hydroxylation is 1. The number of carbonyl (C=O) groups excluding carboxylic acids is 4. The molecule has 5 amide bonds. The first-order valence-corrected chi connectivity index (χ1v) is 19.1. The van der Waals surface area contributed by atoms with Gasteiger partial charge in [0.1, 0.15) is 17.3 Å². The Kier molecular flexibility index (Phi) is 8.45. The van der Waals surface area contributed by atoms with Gasteiger partial charge in [-0.3, -0.25) is 19.1 Å². The van der Waals surface area contributed by atoms with E-state index in [1.54, 1.807) is 19.3 Å². The van der Waals surface area contributed by atoms with Crippen LogP contribution in [0.5, 0.6) is 0 Å². The van der Waals surface area contributed by atoms with Crippen LogP contribution >= 0.6 is 0 Å². The van der Waals surface area contributed by atoms with Gasteiger partial charge in [0.15, 0.2) is 0 Å². The molecule has 1 aromatic carbocycles. The van der Waals surface area contributed by atoms with Crippen molar-refractivity contribution in [2.75, 3.05) is 11.9 Å². The van der Waals surface area contributed by atoms with Gasteiger partial charge in [-0.1, -0.05) is 39.2 Å². The highest BCUT2D eigenvalue weighted by molar-refractivity contribution is 6.01. The second kappa shape index (κ2) is 12.7. The van der Waals surface area contributed by atoms with Gasteiger partial charge in [-0.25, -0.2) is 4.79 Å². The number of carbonyl (C=O) groups is 4. The molecule has 4 bridgehead atoms. The van der Waals surface area contributed by atoms with Gasteiger partial charge in [-0.2, -0.15) is 5.10 Å². The van der Waals surface area contributed by atoms with E-state index in [-0.39, 0.29) is 47.2 Å². The van der Waals surface area contributed by atoms with Crippen molar-refractivity contribution >= 4 is 29.4 Å². The number of aromatic nitrogens is 2. The second-order valence-corrected chi connectivity index (χ2v) is 17.1. The summed E-state index contributed by atoms with van der Waals surface area (Å²) >= 11 is 0. The highest BCUT2D eigenvalue weighted by atomic mass is 16.2. The lowest BCUT2D eigenvalue weighted by molar-refractivity contribution is -0.137. The van der Waals surface area contributed by atoms with Crippen LogP contribution in [0.4, 0.5) is 10.5 Å². The maximum atomic E-state index is 14.8. The predicted molar refractivity (Wildman–Crippen MR) is 189 cm³/mol. The fourth-order valence-corrected chi connectivity index (χ4v) is 11.0. The molecule has 7 aliphatic rings. The summed E-state index contributed by atoms with van der Waals surface area (Å²) in [6.07, 6.45) is 14.4. The molecule has 1 saturated heterocycles. The summed E-state index contributed by atoms with van der Waals surface area (Å²) in [6.45, 7) is 4.70. The van der Waals surface area contributed by atoms with Gasteiger partial charge in [0.05, 0.1) is 6.04 Å². The molecule has 2 aromatic rings. The van der Waals surface area contributed by atoms with Gasteiger partial charge in [0, 0.05) is 43.9 Å². The van der Waals surface area contributed by atoms with Crippen molar-refractivity contribution in [1.82, 2.24) is 30.6 Å². The SMILES string of the molecule is CC(C)[C@@H]1CN(C2(C(=O)NC34CC5CC(CC(C5)C3)C4)Cc3ccc(NC(=O)[C@@H](NC(=O)c4ccnn4C)C4CCCCC4)cc3C2)C(=O)N1. The van der Waals surface area contributed by atoms with Crippen molar-refractivity contribution in [2.24, 2.45) is 36.6 Å². The maximum Gasteiger partial charge on any atom is 0.318 e. The van der Waals surface area contributed by atoms with Gasteiger partial charge in [0.25, 0.3) is 5.91 Å². The molecule has 11 heteroatoms. The molecule has 6 fully saturated rings. The molecule has 0 radical (unpaired) electrons. The van der Waals surface area contributed by atoms with Crippen LogP contribution in [0.25, 0.3) is 0 Å². The molecule has 268 valence electrons. The summed E-state index contributed by atoms with van der Waals surface area (Å²) in [5.41, 5.74) is 1.82. The van der Waals surface area contributed by atoms with E-state index >= 15 is 0 Å². The van der Waals surface area contributed by atoms with Crippen molar-refractivity contribution in [1.29, 1.82) is 0 Å². The van der Waals surface area contributed by atoms with E-state index in [1.807, 2.05) is 23.1 Å². The number of benzene rings is 1. The third-order valence-corrected chi connectivity index (χ3v) is 13.3.